The Bertz CT molecular complexity index is 467. The van der Waals surface area contributed by atoms with Crippen molar-refractivity contribution in [1.82, 2.24) is 5.32 Å². The first-order chi connectivity index (χ1) is 8.72. The highest BCUT2D eigenvalue weighted by atomic mass is 16.5. The number of carbonyl (C=O) groups excluding carboxylic acids is 1. The van der Waals surface area contributed by atoms with E-state index in [0.29, 0.717) is 6.42 Å². The molecule has 1 N–H and O–H groups in total. The maximum Gasteiger partial charge on any atom is 0.227 e. The molecular formula is C14H18N2O2. The van der Waals surface area contributed by atoms with E-state index in [1.54, 1.807) is 7.11 Å². The van der Waals surface area contributed by atoms with Crippen LogP contribution in [0.3, 0.4) is 0 Å². The molecule has 96 valence electrons. The fraction of sp³-hybridized carbons (Fsp3) is 0.500. The van der Waals surface area contributed by atoms with E-state index < -0.39 is 0 Å². The van der Waals surface area contributed by atoms with Crippen molar-refractivity contribution in [2.45, 2.75) is 12.8 Å². The summed E-state index contributed by atoms with van der Waals surface area (Å²) in [6, 6.07) is 7.73. The van der Waals surface area contributed by atoms with Gasteiger partial charge in [-0.15, -0.1) is 0 Å². The molecule has 2 aliphatic rings. The molecule has 4 nitrogen and oxygen atoms in total. The second-order valence-electron chi connectivity index (χ2n) is 5.28. The number of amides is 1. The Labute approximate surface area is 107 Å². The lowest BCUT2D eigenvalue weighted by molar-refractivity contribution is -0.117. The molecule has 18 heavy (non-hydrogen) atoms. The summed E-state index contributed by atoms with van der Waals surface area (Å²) in [7, 11) is 1.65. The van der Waals surface area contributed by atoms with Gasteiger partial charge in [-0.3, -0.25) is 4.79 Å². The summed E-state index contributed by atoms with van der Waals surface area (Å²) >= 11 is 0. The molecular weight excluding hydrogens is 228 g/mol. The molecule has 1 amide bonds. The molecule has 1 aromatic carbocycles. The first-order valence-corrected chi connectivity index (χ1v) is 6.38. The maximum atomic E-state index is 12.2. The van der Waals surface area contributed by atoms with E-state index in [1.165, 1.54) is 0 Å². The molecule has 3 rings (SSSR count). The van der Waals surface area contributed by atoms with E-state index in [0.717, 1.165) is 37.5 Å². The highest BCUT2D eigenvalue weighted by Crippen LogP contribution is 2.39. The molecule has 0 aliphatic carbocycles. The topological polar surface area (TPSA) is 41.6 Å². The van der Waals surface area contributed by atoms with E-state index in [4.69, 9.17) is 4.74 Å². The standard InChI is InChI=1S/C14H18N2O2/c1-18-12-4-2-3-11(7-12)16-10-14(8-13(16)17)5-6-15-9-14/h2-4,7,15H,5-6,8-10H2,1H3. The Hall–Kier alpha value is -1.55. The molecule has 0 radical (unpaired) electrons. The predicted octanol–water partition coefficient (Wildman–Crippen LogP) is 1.41. The van der Waals surface area contributed by atoms with Gasteiger partial charge in [0, 0.05) is 36.7 Å². The second kappa shape index (κ2) is 4.28. The van der Waals surface area contributed by atoms with Crippen LogP contribution < -0.4 is 15.0 Å². The van der Waals surface area contributed by atoms with Crippen LogP contribution in [0.2, 0.25) is 0 Å². The van der Waals surface area contributed by atoms with Gasteiger partial charge in [0.05, 0.1) is 7.11 Å². The molecule has 0 bridgehead atoms. The molecule has 0 saturated carbocycles. The van der Waals surface area contributed by atoms with Crippen molar-refractivity contribution in [3.63, 3.8) is 0 Å². The second-order valence-corrected chi connectivity index (χ2v) is 5.28. The minimum atomic E-state index is 0.153. The molecule has 1 atom stereocenters. The molecule has 1 aromatic rings. The van der Waals surface area contributed by atoms with Crippen molar-refractivity contribution in [1.29, 1.82) is 0 Å². The summed E-state index contributed by atoms with van der Waals surface area (Å²) in [6.45, 7) is 2.81. The average Bonchev–Trinajstić information content (AvgIpc) is 2.97. The lowest BCUT2D eigenvalue weighted by Crippen LogP contribution is -2.29. The fourth-order valence-electron chi connectivity index (χ4n) is 2.99. The van der Waals surface area contributed by atoms with Crippen LogP contribution >= 0.6 is 0 Å². The van der Waals surface area contributed by atoms with E-state index in [2.05, 4.69) is 5.32 Å². The van der Waals surface area contributed by atoms with Crippen molar-refractivity contribution in [2.24, 2.45) is 5.41 Å². The summed E-state index contributed by atoms with van der Waals surface area (Å²) in [5.74, 6) is 1.03. The van der Waals surface area contributed by atoms with Crippen LogP contribution in [0.5, 0.6) is 5.75 Å². The number of methoxy groups -OCH3 is 1. The third-order valence-corrected chi connectivity index (χ3v) is 4.02. The van der Waals surface area contributed by atoms with Gasteiger partial charge in [0.1, 0.15) is 5.75 Å². The molecule has 2 heterocycles. The molecule has 4 heteroatoms. The summed E-state index contributed by atoms with van der Waals surface area (Å²) in [5.41, 5.74) is 1.10. The quantitative estimate of drug-likeness (QED) is 0.858. The average molecular weight is 246 g/mol. The maximum absolute atomic E-state index is 12.2. The van der Waals surface area contributed by atoms with Gasteiger partial charge in [0.25, 0.3) is 0 Å². The molecule has 2 fully saturated rings. The summed E-state index contributed by atoms with van der Waals surface area (Å²) < 4.78 is 5.22. The predicted molar refractivity (Wildman–Crippen MR) is 69.9 cm³/mol. The summed E-state index contributed by atoms with van der Waals surface area (Å²) in [4.78, 5) is 14.1. The first-order valence-electron chi connectivity index (χ1n) is 6.38. The van der Waals surface area contributed by atoms with Crippen LogP contribution in [0.4, 0.5) is 5.69 Å². The van der Waals surface area contributed by atoms with Crippen LogP contribution in [-0.4, -0.2) is 32.7 Å². The molecule has 0 aromatic heterocycles. The zero-order chi connectivity index (χ0) is 12.6. The number of rotatable bonds is 2. The van der Waals surface area contributed by atoms with Gasteiger partial charge in [-0.2, -0.15) is 0 Å². The Kier molecular flexibility index (Phi) is 2.74. The smallest absolute Gasteiger partial charge is 0.227 e. The number of hydrogen-bond acceptors (Lipinski definition) is 3. The Morgan fingerprint density at radius 1 is 1.44 bits per heavy atom. The molecule has 2 aliphatic heterocycles. The minimum absolute atomic E-state index is 0.153. The highest BCUT2D eigenvalue weighted by Gasteiger charge is 2.45. The van der Waals surface area contributed by atoms with Crippen molar-refractivity contribution < 1.29 is 9.53 Å². The third-order valence-electron chi connectivity index (χ3n) is 4.02. The van der Waals surface area contributed by atoms with Crippen LogP contribution in [0.15, 0.2) is 24.3 Å². The van der Waals surface area contributed by atoms with Crippen LogP contribution in [0.1, 0.15) is 12.8 Å². The largest absolute Gasteiger partial charge is 0.497 e. The molecule has 1 spiro atoms. The van der Waals surface area contributed by atoms with Crippen molar-refractivity contribution in [3.8, 4) is 5.75 Å². The van der Waals surface area contributed by atoms with Crippen LogP contribution in [0, 0.1) is 5.41 Å². The van der Waals surface area contributed by atoms with E-state index in [-0.39, 0.29) is 11.3 Å². The molecule has 2 saturated heterocycles. The monoisotopic (exact) mass is 246 g/mol. The van der Waals surface area contributed by atoms with Gasteiger partial charge in [-0.25, -0.2) is 0 Å². The van der Waals surface area contributed by atoms with Gasteiger partial charge in [-0.05, 0) is 25.1 Å². The lowest BCUT2D eigenvalue weighted by Gasteiger charge is -2.22. The number of nitrogens with zero attached hydrogens (tertiary/aromatic N) is 1. The van der Waals surface area contributed by atoms with Gasteiger partial charge in [0.15, 0.2) is 0 Å². The summed E-state index contributed by atoms with van der Waals surface area (Å²) in [6.07, 6.45) is 1.76. The zero-order valence-corrected chi connectivity index (χ0v) is 10.6. The highest BCUT2D eigenvalue weighted by molar-refractivity contribution is 5.96. The van der Waals surface area contributed by atoms with Gasteiger partial charge >= 0.3 is 0 Å². The summed E-state index contributed by atoms with van der Waals surface area (Å²) in [5, 5.41) is 3.37. The van der Waals surface area contributed by atoms with E-state index in [1.807, 2.05) is 29.2 Å². The Morgan fingerprint density at radius 3 is 3.06 bits per heavy atom. The number of benzene rings is 1. The van der Waals surface area contributed by atoms with Gasteiger partial charge < -0.3 is 15.0 Å². The van der Waals surface area contributed by atoms with Crippen LogP contribution in [-0.2, 0) is 4.79 Å². The van der Waals surface area contributed by atoms with Crippen molar-refractivity contribution in [3.05, 3.63) is 24.3 Å². The number of ether oxygens (including phenoxy) is 1. The normalized spacial score (nSPS) is 27.2. The molecule has 1 unspecified atom stereocenters. The zero-order valence-electron chi connectivity index (χ0n) is 10.6. The Balaban J connectivity index is 1.86. The lowest BCUT2D eigenvalue weighted by atomic mass is 9.86. The van der Waals surface area contributed by atoms with Crippen LogP contribution in [0.25, 0.3) is 0 Å². The number of nitrogens with one attached hydrogen (secondary N) is 1. The minimum Gasteiger partial charge on any atom is -0.497 e. The SMILES string of the molecule is COc1cccc(N2CC3(CCNC3)CC2=O)c1. The first kappa shape index (κ1) is 11.5. The third kappa shape index (κ3) is 1.86. The van der Waals surface area contributed by atoms with Gasteiger partial charge in [0.2, 0.25) is 5.91 Å². The number of hydrogen-bond donors (Lipinski definition) is 1. The van der Waals surface area contributed by atoms with E-state index in [9.17, 15) is 4.79 Å². The number of carbonyl (C=O) groups is 1. The fourth-order valence-corrected chi connectivity index (χ4v) is 2.99. The number of anilines is 1. The van der Waals surface area contributed by atoms with Crippen molar-refractivity contribution >= 4 is 11.6 Å². The van der Waals surface area contributed by atoms with Crippen molar-refractivity contribution in [2.75, 3.05) is 31.6 Å². The van der Waals surface area contributed by atoms with Gasteiger partial charge in [-0.1, -0.05) is 6.07 Å². The Morgan fingerprint density at radius 2 is 2.33 bits per heavy atom. The van der Waals surface area contributed by atoms with E-state index >= 15 is 0 Å².